The zero-order chi connectivity index (χ0) is 13.2. The van der Waals surface area contributed by atoms with Crippen LogP contribution in [0, 0.1) is 5.92 Å². The molecule has 1 amide bonds. The van der Waals surface area contributed by atoms with Gasteiger partial charge in [-0.1, -0.05) is 54.1 Å². The number of carbonyl (C=O) groups excluding carboxylic acids is 1. The molecule has 1 fully saturated rings. The fraction of sp³-hybridized carbons (Fsp3) is 0.188. The van der Waals surface area contributed by atoms with Gasteiger partial charge in [-0.3, -0.25) is 4.79 Å². The van der Waals surface area contributed by atoms with Gasteiger partial charge in [0.05, 0.1) is 10.7 Å². The highest BCUT2D eigenvalue weighted by atomic mass is 35.5. The summed E-state index contributed by atoms with van der Waals surface area (Å²) in [6, 6.07) is 17.5. The topological polar surface area (TPSA) is 29.1 Å². The van der Waals surface area contributed by atoms with Crippen molar-refractivity contribution in [1.82, 2.24) is 0 Å². The Hall–Kier alpha value is -1.80. The van der Waals surface area contributed by atoms with Gasteiger partial charge in [-0.25, -0.2) is 0 Å². The van der Waals surface area contributed by atoms with Crippen LogP contribution >= 0.6 is 11.6 Å². The first kappa shape index (κ1) is 12.2. The predicted octanol–water partition coefficient (Wildman–Crippen LogP) is 4.08. The van der Waals surface area contributed by atoms with Gasteiger partial charge in [0.2, 0.25) is 5.91 Å². The monoisotopic (exact) mass is 271 g/mol. The Morgan fingerprint density at radius 2 is 1.74 bits per heavy atom. The number of benzene rings is 2. The van der Waals surface area contributed by atoms with Crippen LogP contribution in [-0.4, -0.2) is 5.91 Å². The lowest BCUT2D eigenvalue weighted by atomic mass is 10.1. The van der Waals surface area contributed by atoms with Crippen LogP contribution in [0.15, 0.2) is 54.6 Å². The summed E-state index contributed by atoms with van der Waals surface area (Å²) in [4.78, 5) is 12.1. The van der Waals surface area contributed by atoms with E-state index in [0.29, 0.717) is 16.6 Å². The van der Waals surface area contributed by atoms with Crippen molar-refractivity contribution in [1.29, 1.82) is 0 Å². The maximum absolute atomic E-state index is 12.1. The third kappa shape index (κ3) is 2.64. The quantitative estimate of drug-likeness (QED) is 0.895. The Balaban J connectivity index is 1.66. The summed E-state index contributed by atoms with van der Waals surface area (Å²) in [5, 5.41) is 3.48. The lowest BCUT2D eigenvalue weighted by Crippen LogP contribution is -2.14. The summed E-state index contributed by atoms with van der Waals surface area (Å²) in [5.41, 5.74) is 1.93. The second-order valence-corrected chi connectivity index (χ2v) is 5.24. The van der Waals surface area contributed by atoms with Gasteiger partial charge in [-0.05, 0) is 30.0 Å². The Morgan fingerprint density at radius 1 is 1.05 bits per heavy atom. The van der Waals surface area contributed by atoms with Crippen LogP contribution in [-0.2, 0) is 4.79 Å². The third-order valence-corrected chi connectivity index (χ3v) is 3.82. The summed E-state index contributed by atoms with van der Waals surface area (Å²) in [6.07, 6.45) is 0.917. The molecule has 0 radical (unpaired) electrons. The van der Waals surface area contributed by atoms with Crippen LogP contribution in [0.2, 0.25) is 5.02 Å². The van der Waals surface area contributed by atoms with Crippen molar-refractivity contribution in [2.45, 2.75) is 12.3 Å². The number of anilines is 1. The summed E-state index contributed by atoms with van der Waals surface area (Å²) >= 11 is 6.03. The number of nitrogens with one attached hydrogen (secondary N) is 1. The Kier molecular flexibility index (Phi) is 3.26. The molecule has 3 rings (SSSR count). The van der Waals surface area contributed by atoms with Crippen molar-refractivity contribution in [2.75, 3.05) is 5.32 Å². The molecular formula is C16H14ClNO. The molecule has 1 aliphatic carbocycles. The first-order chi connectivity index (χ1) is 9.25. The van der Waals surface area contributed by atoms with Gasteiger partial charge in [0.25, 0.3) is 0 Å². The Morgan fingerprint density at radius 3 is 2.47 bits per heavy atom. The van der Waals surface area contributed by atoms with Crippen molar-refractivity contribution in [2.24, 2.45) is 5.92 Å². The highest BCUT2D eigenvalue weighted by Gasteiger charge is 2.43. The van der Waals surface area contributed by atoms with E-state index in [1.807, 2.05) is 36.4 Å². The number of hydrogen-bond acceptors (Lipinski definition) is 1. The predicted molar refractivity (Wildman–Crippen MR) is 77.4 cm³/mol. The number of hydrogen-bond donors (Lipinski definition) is 1. The maximum Gasteiger partial charge on any atom is 0.228 e. The van der Waals surface area contributed by atoms with E-state index >= 15 is 0 Å². The van der Waals surface area contributed by atoms with Crippen LogP contribution in [0.3, 0.4) is 0 Å². The van der Waals surface area contributed by atoms with Crippen LogP contribution in [0.25, 0.3) is 0 Å². The molecular weight excluding hydrogens is 258 g/mol. The zero-order valence-corrected chi connectivity index (χ0v) is 11.1. The first-order valence-corrected chi connectivity index (χ1v) is 6.74. The fourth-order valence-electron chi connectivity index (χ4n) is 2.34. The van der Waals surface area contributed by atoms with Crippen molar-refractivity contribution in [3.8, 4) is 0 Å². The number of carbonyl (C=O) groups is 1. The lowest BCUT2D eigenvalue weighted by Gasteiger charge is -2.06. The molecule has 0 aliphatic heterocycles. The average Bonchev–Trinajstić information content (AvgIpc) is 3.23. The minimum atomic E-state index is 0.0574. The van der Waals surface area contributed by atoms with Gasteiger partial charge in [0.1, 0.15) is 0 Å². The molecule has 1 aliphatic rings. The van der Waals surface area contributed by atoms with E-state index < -0.39 is 0 Å². The molecule has 1 saturated carbocycles. The molecule has 0 bridgehead atoms. The molecule has 0 heterocycles. The molecule has 2 aromatic carbocycles. The molecule has 3 heteroatoms. The lowest BCUT2D eigenvalue weighted by molar-refractivity contribution is -0.117. The number of para-hydroxylation sites is 1. The summed E-state index contributed by atoms with van der Waals surface area (Å²) in [6.45, 7) is 0. The molecule has 0 aromatic heterocycles. The average molecular weight is 272 g/mol. The smallest absolute Gasteiger partial charge is 0.228 e. The molecule has 2 atom stereocenters. The fourth-order valence-corrected chi connectivity index (χ4v) is 2.52. The Bertz CT molecular complexity index is 597. The molecule has 0 saturated heterocycles. The second-order valence-electron chi connectivity index (χ2n) is 4.83. The minimum Gasteiger partial charge on any atom is -0.325 e. The highest BCUT2D eigenvalue weighted by Crippen LogP contribution is 2.48. The third-order valence-electron chi connectivity index (χ3n) is 3.49. The molecule has 19 heavy (non-hydrogen) atoms. The number of halogens is 1. The van der Waals surface area contributed by atoms with E-state index in [1.165, 1.54) is 5.56 Å². The molecule has 0 spiro atoms. The Labute approximate surface area is 117 Å². The van der Waals surface area contributed by atoms with Gasteiger partial charge in [-0.2, -0.15) is 0 Å². The van der Waals surface area contributed by atoms with Crippen molar-refractivity contribution in [3.63, 3.8) is 0 Å². The van der Waals surface area contributed by atoms with Crippen LogP contribution in [0.4, 0.5) is 5.69 Å². The number of amides is 1. The first-order valence-electron chi connectivity index (χ1n) is 6.36. The van der Waals surface area contributed by atoms with Gasteiger partial charge in [-0.15, -0.1) is 0 Å². The summed E-state index contributed by atoms with van der Waals surface area (Å²) in [7, 11) is 0. The van der Waals surface area contributed by atoms with Gasteiger partial charge < -0.3 is 5.32 Å². The van der Waals surface area contributed by atoms with Crippen molar-refractivity contribution in [3.05, 3.63) is 65.2 Å². The van der Waals surface area contributed by atoms with Crippen LogP contribution in [0.5, 0.6) is 0 Å². The van der Waals surface area contributed by atoms with E-state index in [2.05, 4.69) is 17.4 Å². The van der Waals surface area contributed by atoms with E-state index in [1.54, 1.807) is 6.07 Å². The molecule has 0 unspecified atom stereocenters. The van der Waals surface area contributed by atoms with E-state index in [9.17, 15) is 4.79 Å². The zero-order valence-electron chi connectivity index (χ0n) is 10.3. The maximum atomic E-state index is 12.1. The molecule has 2 nitrogen and oxygen atoms in total. The van der Waals surface area contributed by atoms with Gasteiger partial charge >= 0.3 is 0 Å². The van der Waals surface area contributed by atoms with E-state index in [-0.39, 0.29) is 11.8 Å². The van der Waals surface area contributed by atoms with Crippen LogP contribution < -0.4 is 5.32 Å². The van der Waals surface area contributed by atoms with Crippen molar-refractivity contribution >= 4 is 23.2 Å². The van der Waals surface area contributed by atoms with Gasteiger partial charge in [0, 0.05) is 5.92 Å². The van der Waals surface area contributed by atoms with Gasteiger partial charge in [0.15, 0.2) is 0 Å². The molecule has 96 valence electrons. The SMILES string of the molecule is O=C(Nc1ccccc1Cl)[C@@H]1C[C@@H]1c1ccccc1. The normalized spacial score (nSPS) is 20.9. The largest absolute Gasteiger partial charge is 0.325 e. The van der Waals surface area contributed by atoms with E-state index in [4.69, 9.17) is 11.6 Å². The summed E-state index contributed by atoms with van der Waals surface area (Å²) in [5.74, 6) is 0.476. The molecule has 1 N–H and O–H groups in total. The molecule has 2 aromatic rings. The van der Waals surface area contributed by atoms with Crippen LogP contribution in [0.1, 0.15) is 17.9 Å². The van der Waals surface area contributed by atoms with E-state index in [0.717, 1.165) is 6.42 Å². The minimum absolute atomic E-state index is 0.0574. The number of rotatable bonds is 3. The summed E-state index contributed by atoms with van der Waals surface area (Å²) < 4.78 is 0. The van der Waals surface area contributed by atoms with Crippen molar-refractivity contribution < 1.29 is 4.79 Å². The second kappa shape index (κ2) is 5.06. The standard InChI is InChI=1S/C16H14ClNO/c17-14-8-4-5-9-15(14)18-16(19)13-10-12(13)11-6-2-1-3-7-11/h1-9,12-13H,10H2,(H,18,19)/t12-,13-/m1/s1. The highest BCUT2D eigenvalue weighted by molar-refractivity contribution is 6.33.